The number of hydrogen-bond acceptors (Lipinski definition) is 5. The molecule has 1 unspecified atom stereocenters. The Hall–Kier alpha value is -2.63. The number of aryl methyl sites for hydroxylation is 1. The topological polar surface area (TPSA) is 60.0 Å². The summed E-state index contributed by atoms with van der Waals surface area (Å²) in [5, 5.41) is 8.54. The van der Waals surface area contributed by atoms with Gasteiger partial charge in [-0.05, 0) is 24.6 Å². The molecule has 0 saturated carbocycles. The van der Waals surface area contributed by atoms with E-state index in [1.54, 1.807) is 0 Å². The van der Waals surface area contributed by atoms with Crippen molar-refractivity contribution in [1.82, 2.24) is 19.7 Å². The lowest BCUT2D eigenvalue weighted by molar-refractivity contribution is 0.388. The molecule has 1 aliphatic rings. The van der Waals surface area contributed by atoms with Crippen LogP contribution in [0.1, 0.15) is 23.9 Å². The van der Waals surface area contributed by atoms with Crippen molar-refractivity contribution in [2.24, 2.45) is 0 Å². The highest BCUT2D eigenvalue weighted by Gasteiger charge is 2.25. The molecular formula is C17H19N5O. The van der Waals surface area contributed by atoms with Crippen molar-refractivity contribution in [1.29, 1.82) is 0 Å². The average molecular weight is 309 g/mol. The monoisotopic (exact) mass is 309 g/mol. The maximum atomic E-state index is 5.97. The number of hydrogen-bond donors (Lipinski definition) is 0. The van der Waals surface area contributed by atoms with Crippen molar-refractivity contribution >= 4 is 5.69 Å². The summed E-state index contributed by atoms with van der Waals surface area (Å²) in [6, 6.07) is 8.13. The van der Waals surface area contributed by atoms with Gasteiger partial charge in [0.25, 0.3) is 0 Å². The molecule has 6 heteroatoms. The zero-order chi connectivity index (χ0) is 15.8. The van der Waals surface area contributed by atoms with E-state index in [2.05, 4.69) is 36.8 Å². The zero-order valence-electron chi connectivity index (χ0n) is 13.3. The summed E-state index contributed by atoms with van der Waals surface area (Å²) in [7, 11) is 4.03. The second-order valence-corrected chi connectivity index (χ2v) is 6.16. The molecule has 3 heterocycles. The lowest BCUT2D eigenvalue weighted by Crippen LogP contribution is -2.17. The van der Waals surface area contributed by atoms with Crippen LogP contribution in [-0.4, -0.2) is 33.8 Å². The molecule has 0 saturated heterocycles. The molecule has 1 atom stereocenters. The van der Waals surface area contributed by atoms with Crippen molar-refractivity contribution in [2.75, 3.05) is 19.0 Å². The van der Waals surface area contributed by atoms with Crippen LogP contribution in [0.3, 0.4) is 0 Å². The van der Waals surface area contributed by atoms with E-state index in [0.29, 0.717) is 5.89 Å². The summed E-state index contributed by atoms with van der Waals surface area (Å²) in [6.45, 7) is 0.952. The Labute approximate surface area is 134 Å². The van der Waals surface area contributed by atoms with Crippen LogP contribution >= 0.6 is 0 Å². The number of rotatable bonds is 3. The van der Waals surface area contributed by atoms with E-state index in [-0.39, 0.29) is 5.92 Å². The first-order valence-corrected chi connectivity index (χ1v) is 7.81. The normalized spacial score (nSPS) is 17.0. The Morgan fingerprint density at radius 3 is 3.04 bits per heavy atom. The molecule has 1 aliphatic heterocycles. The number of nitrogens with zero attached hydrogens (tertiary/aromatic N) is 5. The van der Waals surface area contributed by atoms with Crippen LogP contribution in [0.4, 0.5) is 5.69 Å². The van der Waals surface area contributed by atoms with Crippen LogP contribution in [0, 0.1) is 0 Å². The summed E-state index contributed by atoms with van der Waals surface area (Å²) in [6.07, 6.45) is 5.71. The summed E-state index contributed by atoms with van der Waals surface area (Å²) in [5.74, 6) is 1.59. The molecule has 2 aromatic heterocycles. The predicted molar refractivity (Wildman–Crippen MR) is 87.4 cm³/mol. The average Bonchev–Trinajstić information content (AvgIpc) is 3.23. The highest BCUT2D eigenvalue weighted by molar-refractivity contribution is 5.61. The van der Waals surface area contributed by atoms with Gasteiger partial charge >= 0.3 is 0 Å². The fourth-order valence-electron chi connectivity index (χ4n) is 3.01. The van der Waals surface area contributed by atoms with E-state index in [4.69, 9.17) is 4.42 Å². The van der Waals surface area contributed by atoms with Gasteiger partial charge in [0.15, 0.2) is 0 Å². The third kappa shape index (κ3) is 2.60. The van der Waals surface area contributed by atoms with Gasteiger partial charge in [-0.15, -0.1) is 10.2 Å². The van der Waals surface area contributed by atoms with Crippen molar-refractivity contribution in [2.45, 2.75) is 25.3 Å². The second-order valence-electron chi connectivity index (χ2n) is 6.16. The smallest absolute Gasteiger partial charge is 0.247 e. The van der Waals surface area contributed by atoms with E-state index in [9.17, 15) is 0 Å². The minimum Gasteiger partial charge on any atom is -0.420 e. The number of aromatic nitrogens is 4. The Bertz CT molecular complexity index is 820. The van der Waals surface area contributed by atoms with Crippen LogP contribution in [0.2, 0.25) is 0 Å². The molecular weight excluding hydrogens is 290 g/mol. The fourth-order valence-corrected chi connectivity index (χ4v) is 3.01. The van der Waals surface area contributed by atoms with Gasteiger partial charge in [-0.1, -0.05) is 6.07 Å². The first-order valence-electron chi connectivity index (χ1n) is 7.81. The van der Waals surface area contributed by atoms with Gasteiger partial charge in [0.2, 0.25) is 11.8 Å². The van der Waals surface area contributed by atoms with Gasteiger partial charge in [-0.3, -0.25) is 0 Å². The molecule has 0 radical (unpaired) electrons. The Balaban J connectivity index is 1.59. The quantitative estimate of drug-likeness (QED) is 0.744. The van der Waals surface area contributed by atoms with E-state index < -0.39 is 0 Å². The molecule has 0 spiro atoms. The van der Waals surface area contributed by atoms with Crippen LogP contribution in [0.25, 0.3) is 11.5 Å². The van der Waals surface area contributed by atoms with Crippen molar-refractivity contribution in [3.63, 3.8) is 0 Å². The molecule has 118 valence electrons. The fraction of sp³-hybridized carbons (Fsp3) is 0.353. The lowest BCUT2D eigenvalue weighted by Gasteiger charge is -2.20. The highest BCUT2D eigenvalue weighted by Crippen LogP contribution is 2.30. The maximum Gasteiger partial charge on any atom is 0.247 e. The molecule has 1 aromatic carbocycles. The largest absolute Gasteiger partial charge is 0.420 e. The third-order valence-electron chi connectivity index (χ3n) is 4.37. The van der Waals surface area contributed by atoms with Gasteiger partial charge in [-0.2, -0.15) is 0 Å². The first-order chi connectivity index (χ1) is 11.2. The van der Waals surface area contributed by atoms with E-state index in [0.717, 1.165) is 36.5 Å². The molecule has 0 bridgehead atoms. The van der Waals surface area contributed by atoms with Crippen LogP contribution in [-0.2, 0) is 13.0 Å². The van der Waals surface area contributed by atoms with Crippen molar-refractivity contribution in [3.8, 4) is 11.5 Å². The standard InChI is InChI=1S/C17H19N5O/c1-21(2)14-5-3-4-12(8-14)16-19-20-17(23-16)13-6-7-22-11-18-10-15(22)9-13/h3-5,8,10-11,13H,6-7,9H2,1-2H3. The number of anilines is 1. The van der Waals surface area contributed by atoms with E-state index in [1.807, 2.05) is 38.8 Å². The predicted octanol–water partition coefficient (Wildman–Crippen LogP) is 2.73. The molecule has 23 heavy (non-hydrogen) atoms. The highest BCUT2D eigenvalue weighted by atomic mass is 16.4. The Kier molecular flexibility index (Phi) is 3.37. The molecule has 0 fully saturated rings. The van der Waals surface area contributed by atoms with Gasteiger partial charge in [-0.25, -0.2) is 4.98 Å². The number of benzene rings is 1. The summed E-state index contributed by atoms with van der Waals surface area (Å²) in [5.41, 5.74) is 3.30. The van der Waals surface area contributed by atoms with Gasteiger partial charge < -0.3 is 13.9 Å². The SMILES string of the molecule is CN(C)c1cccc(-c2nnc(C3CCn4cncc4C3)o2)c1. The van der Waals surface area contributed by atoms with Crippen LogP contribution in [0.5, 0.6) is 0 Å². The van der Waals surface area contributed by atoms with E-state index in [1.165, 1.54) is 5.69 Å². The minimum absolute atomic E-state index is 0.275. The van der Waals surface area contributed by atoms with Crippen molar-refractivity contribution < 1.29 is 4.42 Å². The first kappa shape index (κ1) is 14.0. The molecule has 4 rings (SSSR count). The van der Waals surface area contributed by atoms with Crippen LogP contribution < -0.4 is 4.90 Å². The third-order valence-corrected chi connectivity index (χ3v) is 4.37. The Morgan fingerprint density at radius 1 is 1.26 bits per heavy atom. The maximum absolute atomic E-state index is 5.97. The lowest BCUT2D eigenvalue weighted by atomic mass is 9.96. The minimum atomic E-state index is 0.275. The van der Waals surface area contributed by atoms with E-state index >= 15 is 0 Å². The summed E-state index contributed by atoms with van der Waals surface area (Å²) in [4.78, 5) is 6.26. The molecule has 6 nitrogen and oxygen atoms in total. The molecule has 3 aromatic rings. The molecule has 0 aliphatic carbocycles. The summed E-state index contributed by atoms with van der Waals surface area (Å²) < 4.78 is 8.15. The van der Waals surface area contributed by atoms with Gasteiger partial charge in [0.1, 0.15) is 0 Å². The van der Waals surface area contributed by atoms with Crippen LogP contribution in [0.15, 0.2) is 41.2 Å². The zero-order valence-corrected chi connectivity index (χ0v) is 13.3. The van der Waals surface area contributed by atoms with Gasteiger partial charge in [0, 0.05) is 56.1 Å². The number of imidazole rings is 1. The van der Waals surface area contributed by atoms with Gasteiger partial charge in [0.05, 0.1) is 6.33 Å². The summed E-state index contributed by atoms with van der Waals surface area (Å²) >= 11 is 0. The second kappa shape index (κ2) is 5.53. The number of fused-ring (bicyclic) bond motifs is 1. The molecule has 0 N–H and O–H groups in total. The Morgan fingerprint density at radius 2 is 2.17 bits per heavy atom. The molecule has 0 amide bonds. The van der Waals surface area contributed by atoms with Crippen molar-refractivity contribution in [3.05, 3.63) is 48.4 Å².